The van der Waals surface area contributed by atoms with Gasteiger partial charge in [0.15, 0.2) is 5.82 Å². The van der Waals surface area contributed by atoms with Gasteiger partial charge < -0.3 is 16.4 Å². The van der Waals surface area contributed by atoms with E-state index < -0.39 is 11.6 Å². The predicted molar refractivity (Wildman–Crippen MR) is 119 cm³/mol. The van der Waals surface area contributed by atoms with E-state index in [-0.39, 0.29) is 0 Å². The number of rotatable bonds is 6. The summed E-state index contributed by atoms with van der Waals surface area (Å²) in [6.07, 6.45) is 0. The Kier molecular flexibility index (Phi) is 5.22. The monoisotopic (exact) mass is 397 g/mol. The van der Waals surface area contributed by atoms with Gasteiger partial charge in [0.05, 0.1) is 5.69 Å². The molecule has 3 aromatic carbocycles. The van der Waals surface area contributed by atoms with Gasteiger partial charge >= 0.3 is 6.03 Å². The molecular formula is C24H23N5O. The van der Waals surface area contributed by atoms with Crippen molar-refractivity contribution in [1.82, 2.24) is 10.2 Å². The maximum absolute atomic E-state index is 11.6. The summed E-state index contributed by atoms with van der Waals surface area (Å²) in [4.78, 5) is 11.6. The number of anilines is 2. The number of hydrogen-bond acceptors (Lipinski definition) is 3. The fourth-order valence-electron chi connectivity index (χ4n) is 3.75. The van der Waals surface area contributed by atoms with Crippen molar-refractivity contribution in [3.8, 4) is 0 Å². The van der Waals surface area contributed by atoms with Gasteiger partial charge in [-0.2, -0.15) is 5.10 Å². The fourth-order valence-corrected chi connectivity index (χ4v) is 3.75. The Balaban J connectivity index is 1.98. The van der Waals surface area contributed by atoms with Crippen LogP contribution in [0, 0.1) is 6.92 Å². The largest absolute Gasteiger partial charge is 0.351 e. The summed E-state index contributed by atoms with van der Waals surface area (Å²) in [5, 5.41) is 13.7. The molecule has 0 bridgehead atoms. The first-order valence-electron chi connectivity index (χ1n) is 9.67. The van der Waals surface area contributed by atoms with Gasteiger partial charge in [-0.3, -0.25) is 5.10 Å². The van der Waals surface area contributed by atoms with Crippen LogP contribution in [0.2, 0.25) is 0 Å². The zero-order chi connectivity index (χ0) is 21.0. The summed E-state index contributed by atoms with van der Waals surface area (Å²) >= 11 is 0. The Labute approximate surface area is 175 Å². The van der Waals surface area contributed by atoms with Crippen molar-refractivity contribution >= 4 is 17.5 Å². The molecule has 30 heavy (non-hydrogen) atoms. The lowest BCUT2D eigenvalue weighted by Crippen LogP contribution is -2.38. The molecule has 4 aromatic rings. The van der Waals surface area contributed by atoms with Crippen LogP contribution in [-0.4, -0.2) is 16.2 Å². The van der Waals surface area contributed by atoms with Crippen molar-refractivity contribution in [2.45, 2.75) is 12.5 Å². The zero-order valence-corrected chi connectivity index (χ0v) is 16.6. The van der Waals surface area contributed by atoms with Crippen molar-refractivity contribution in [3.05, 3.63) is 113 Å². The average molecular weight is 397 g/mol. The third kappa shape index (κ3) is 3.51. The van der Waals surface area contributed by atoms with Crippen molar-refractivity contribution in [3.63, 3.8) is 0 Å². The number of urea groups is 1. The minimum absolute atomic E-state index is 0.503. The Morgan fingerprint density at radius 1 is 0.833 bits per heavy atom. The van der Waals surface area contributed by atoms with E-state index >= 15 is 0 Å². The zero-order valence-electron chi connectivity index (χ0n) is 16.6. The van der Waals surface area contributed by atoms with E-state index in [1.807, 2.05) is 61.5 Å². The summed E-state index contributed by atoms with van der Waals surface area (Å²) in [5.41, 5.74) is 8.98. The molecule has 1 aromatic heterocycles. The van der Waals surface area contributed by atoms with Gasteiger partial charge in [-0.05, 0) is 23.6 Å². The van der Waals surface area contributed by atoms with Crippen LogP contribution in [0.5, 0.6) is 0 Å². The van der Waals surface area contributed by atoms with E-state index in [1.165, 1.54) is 0 Å². The van der Waals surface area contributed by atoms with Crippen LogP contribution < -0.4 is 16.4 Å². The molecular weight excluding hydrogens is 374 g/mol. The van der Waals surface area contributed by atoms with Crippen molar-refractivity contribution in [1.29, 1.82) is 0 Å². The topological polar surface area (TPSA) is 95.8 Å². The number of carbonyl (C=O) groups is 1. The summed E-state index contributed by atoms with van der Waals surface area (Å²) in [7, 11) is 0. The molecule has 0 radical (unpaired) electrons. The second-order valence-corrected chi connectivity index (χ2v) is 7.03. The first kappa shape index (κ1) is 19.3. The predicted octanol–water partition coefficient (Wildman–Crippen LogP) is 4.61. The van der Waals surface area contributed by atoms with Crippen LogP contribution in [0.25, 0.3) is 0 Å². The number of aromatic amines is 1. The highest BCUT2D eigenvalue weighted by atomic mass is 16.2. The molecule has 150 valence electrons. The number of primary amides is 1. The molecule has 6 heteroatoms. The Bertz CT molecular complexity index is 1030. The van der Waals surface area contributed by atoms with E-state index in [1.54, 1.807) is 0 Å². The standard InChI is InChI=1S/C24H23N5O/c1-17-21(26-23(25)30)22(29-28-17)27-24(18-11-5-2-6-12-18,19-13-7-3-8-14-19)20-15-9-4-10-16-20/h2-16H,1H3,(H3,25,26,30)(H2,27,28,29). The molecule has 0 spiro atoms. The third-order valence-electron chi connectivity index (χ3n) is 5.12. The number of amides is 2. The van der Waals surface area contributed by atoms with Crippen molar-refractivity contribution in [2.24, 2.45) is 5.73 Å². The molecule has 0 unspecified atom stereocenters. The SMILES string of the molecule is Cc1[nH]nc(NC(c2ccccc2)(c2ccccc2)c2ccccc2)c1NC(N)=O. The molecule has 0 fully saturated rings. The summed E-state index contributed by atoms with van der Waals surface area (Å²) < 4.78 is 0. The second-order valence-electron chi connectivity index (χ2n) is 7.03. The minimum atomic E-state index is -0.751. The number of H-pyrrole nitrogens is 1. The molecule has 4 rings (SSSR count). The van der Waals surface area contributed by atoms with Crippen LogP contribution >= 0.6 is 0 Å². The molecule has 0 aliphatic rings. The average Bonchev–Trinajstić information content (AvgIpc) is 3.12. The number of aromatic nitrogens is 2. The summed E-state index contributed by atoms with van der Waals surface area (Å²) in [5.74, 6) is 0.503. The van der Waals surface area contributed by atoms with Crippen LogP contribution in [-0.2, 0) is 5.54 Å². The number of nitrogens with zero attached hydrogens (tertiary/aromatic N) is 1. The number of aryl methyl sites for hydroxylation is 1. The highest BCUT2D eigenvalue weighted by Gasteiger charge is 2.37. The number of hydrogen-bond donors (Lipinski definition) is 4. The molecule has 0 saturated heterocycles. The molecule has 2 amide bonds. The molecule has 5 N–H and O–H groups in total. The molecule has 0 saturated carbocycles. The highest BCUT2D eigenvalue weighted by molar-refractivity contribution is 5.92. The van der Waals surface area contributed by atoms with Crippen LogP contribution in [0.15, 0.2) is 91.0 Å². The van der Waals surface area contributed by atoms with Crippen molar-refractivity contribution < 1.29 is 4.79 Å². The maximum Gasteiger partial charge on any atom is 0.316 e. The van der Waals surface area contributed by atoms with Gasteiger partial charge in [0.25, 0.3) is 0 Å². The van der Waals surface area contributed by atoms with Gasteiger partial charge in [-0.25, -0.2) is 4.79 Å². The lowest BCUT2D eigenvalue weighted by atomic mass is 9.77. The third-order valence-corrected chi connectivity index (χ3v) is 5.12. The number of benzene rings is 3. The van der Waals surface area contributed by atoms with E-state index in [9.17, 15) is 4.79 Å². The number of nitrogens with two attached hydrogens (primary N) is 1. The first-order chi connectivity index (χ1) is 14.6. The van der Waals surface area contributed by atoms with E-state index in [0.717, 1.165) is 16.7 Å². The fraction of sp³-hybridized carbons (Fsp3) is 0.0833. The first-order valence-corrected chi connectivity index (χ1v) is 9.67. The molecule has 0 atom stereocenters. The second kappa shape index (κ2) is 8.13. The lowest BCUT2D eigenvalue weighted by molar-refractivity contribution is 0.259. The van der Waals surface area contributed by atoms with E-state index in [4.69, 9.17) is 5.73 Å². The number of carbonyl (C=O) groups excluding carboxylic acids is 1. The van der Waals surface area contributed by atoms with E-state index in [0.29, 0.717) is 17.2 Å². The normalized spacial score (nSPS) is 11.1. The van der Waals surface area contributed by atoms with Crippen LogP contribution in [0.3, 0.4) is 0 Å². The Morgan fingerprint density at radius 2 is 1.27 bits per heavy atom. The maximum atomic E-state index is 11.6. The molecule has 0 aliphatic carbocycles. The van der Waals surface area contributed by atoms with Crippen molar-refractivity contribution in [2.75, 3.05) is 10.6 Å². The molecule has 0 aliphatic heterocycles. The van der Waals surface area contributed by atoms with Gasteiger partial charge in [0.1, 0.15) is 11.2 Å². The minimum Gasteiger partial charge on any atom is -0.351 e. The summed E-state index contributed by atoms with van der Waals surface area (Å²) in [6.45, 7) is 1.83. The highest BCUT2D eigenvalue weighted by Crippen LogP contribution is 2.41. The smallest absolute Gasteiger partial charge is 0.316 e. The van der Waals surface area contributed by atoms with Gasteiger partial charge in [-0.15, -0.1) is 0 Å². The summed E-state index contributed by atoms with van der Waals surface area (Å²) in [6, 6.07) is 29.8. The van der Waals surface area contributed by atoms with E-state index in [2.05, 4.69) is 57.2 Å². The Hall–Kier alpha value is -4.06. The van der Waals surface area contributed by atoms with Gasteiger partial charge in [-0.1, -0.05) is 91.0 Å². The lowest BCUT2D eigenvalue weighted by Gasteiger charge is -2.37. The molecule has 6 nitrogen and oxygen atoms in total. The molecule has 1 heterocycles. The van der Waals surface area contributed by atoms with Gasteiger partial charge in [0, 0.05) is 0 Å². The van der Waals surface area contributed by atoms with Crippen LogP contribution in [0.1, 0.15) is 22.4 Å². The Morgan fingerprint density at radius 3 is 1.67 bits per heavy atom. The number of nitrogens with one attached hydrogen (secondary N) is 3. The van der Waals surface area contributed by atoms with Crippen LogP contribution in [0.4, 0.5) is 16.3 Å². The quantitative estimate of drug-likeness (QED) is 0.358. The van der Waals surface area contributed by atoms with Gasteiger partial charge in [0.2, 0.25) is 0 Å².